The molecule has 0 aliphatic carbocycles. The van der Waals surface area contributed by atoms with E-state index in [1.54, 1.807) is 26.0 Å². The van der Waals surface area contributed by atoms with Gasteiger partial charge in [-0.15, -0.1) is 0 Å². The fourth-order valence-corrected chi connectivity index (χ4v) is 6.54. The number of benzene rings is 2. The third-order valence-corrected chi connectivity index (χ3v) is 8.37. The molecule has 0 radical (unpaired) electrons. The first-order valence-electron chi connectivity index (χ1n) is 11.4. The first-order chi connectivity index (χ1) is 16.1. The Kier molecular flexibility index (Phi) is 6.80. The second kappa shape index (κ2) is 9.48. The zero-order valence-corrected chi connectivity index (χ0v) is 20.6. The number of amides is 2. The molecule has 2 heterocycles. The monoisotopic (exact) mass is 485 g/mol. The third-order valence-electron chi connectivity index (χ3n) is 6.35. The fourth-order valence-electron chi connectivity index (χ4n) is 4.44. The zero-order valence-electron chi connectivity index (χ0n) is 19.8. The molecule has 8 nitrogen and oxygen atoms in total. The topological polar surface area (TPSA) is 96.0 Å². The molecule has 182 valence electrons. The average molecular weight is 486 g/mol. The maximum atomic E-state index is 12.9. The van der Waals surface area contributed by atoms with E-state index in [0.717, 1.165) is 23.0 Å². The maximum Gasteiger partial charge on any atom is 0.251 e. The van der Waals surface area contributed by atoms with Crippen molar-refractivity contribution in [3.63, 3.8) is 0 Å². The highest BCUT2D eigenvalue weighted by Crippen LogP contribution is 2.35. The van der Waals surface area contributed by atoms with Crippen LogP contribution in [0.1, 0.15) is 41.4 Å². The molecule has 1 N–H and O–H groups in total. The van der Waals surface area contributed by atoms with E-state index in [2.05, 4.69) is 34.5 Å². The van der Waals surface area contributed by atoms with Crippen LogP contribution in [0.15, 0.2) is 48.5 Å². The van der Waals surface area contributed by atoms with Crippen LogP contribution in [0.3, 0.4) is 0 Å². The highest BCUT2D eigenvalue weighted by atomic mass is 32.2. The second-order valence-electron chi connectivity index (χ2n) is 9.54. The Morgan fingerprint density at radius 1 is 1.06 bits per heavy atom. The van der Waals surface area contributed by atoms with Gasteiger partial charge < -0.3 is 10.1 Å². The maximum absolute atomic E-state index is 12.9. The molecular weight excluding hydrogens is 454 g/mol. The minimum Gasteiger partial charge on any atom is -0.379 e. The number of ether oxygens (including phenoxy) is 1. The van der Waals surface area contributed by atoms with Gasteiger partial charge in [0.1, 0.15) is 0 Å². The number of nitrogens with one attached hydrogen (secondary N) is 1. The Balaban J connectivity index is 1.47. The van der Waals surface area contributed by atoms with Crippen LogP contribution in [-0.2, 0) is 19.6 Å². The van der Waals surface area contributed by atoms with Crippen molar-refractivity contribution in [3.05, 3.63) is 65.2 Å². The number of hydrogen-bond donors (Lipinski definition) is 1. The summed E-state index contributed by atoms with van der Waals surface area (Å²) < 4.78 is 31.3. The van der Waals surface area contributed by atoms with Crippen LogP contribution in [0.4, 0.5) is 5.69 Å². The van der Waals surface area contributed by atoms with Crippen molar-refractivity contribution < 1.29 is 22.7 Å². The lowest BCUT2D eigenvalue weighted by atomic mass is 9.95. The standard InChI is InChI=1S/C25H31N3O5S/c1-18-4-6-19(7-5-18)22(27-12-14-33-15-13-27)16-26-23(29)20-8-10-21(11-9-20)28-24(30)25(2,3)17-34(28,31)32/h4-11,22H,12-17H2,1-3H3,(H,26,29). The van der Waals surface area contributed by atoms with E-state index in [9.17, 15) is 18.0 Å². The van der Waals surface area contributed by atoms with Crippen LogP contribution in [0.5, 0.6) is 0 Å². The lowest BCUT2D eigenvalue weighted by molar-refractivity contribution is -0.123. The summed E-state index contributed by atoms with van der Waals surface area (Å²) in [5.74, 6) is -0.952. The molecule has 0 aromatic heterocycles. The molecule has 0 saturated carbocycles. The number of anilines is 1. The van der Waals surface area contributed by atoms with Crippen molar-refractivity contribution in [1.29, 1.82) is 0 Å². The lowest BCUT2D eigenvalue weighted by Gasteiger charge is -2.35. The molecule has 2 aliphatic heterocycles. The summed E-state index contributed by atoms with van der Waals surface area (Å²) in [6.45, 7) is 8.61. The molecule has 2 amide bonds. The zero-order chi connectivity index (χ0) is 24.5. The van der Waals surface area contributed by atoms with E-state index >= 15 is 0 Å². The van der Waals surface area contributed by atoms with E-state index < -0.39 is 21.3 Å². The normalized spacial score (nSPS) is 20.8. The summed E-state index contributed by atoms with van der Waals surface area (Å²) in [5, 5.41) is 3.02. The molecule has 4 rings (SSSR count). The summed E-state index contributed by atoms with van der Waals surface area (Å²) >= 11 is 0. The van der Waals surface area contributed by atoms with Crippen LogP contribution < -0.4 is 9.62 Å². The third kappa shape index (κ3) is 5.01. The predicted molar refractivity (Wildman–Crippen MR) is 130 cm³/mol. The van der Waals surface area contributed by atoms with Crippen LogP contribution in [-0.4, -0.2) is 63.7 Å². The van der Waals surface area contributed by atoms with E-state index in [1.165, 1.54) is 17.7 Å². The van der Waals surface area contributed by atoms with Crippen molar-refractivity contribution >= 4 is 27.5 Å². The van der Waals surface area contributed by atoms with Gasteiger partial charge in [0.05, 0.1) is 36.1 Å². The van der Waals surface area contributed by atoms with E-state index in [1.807, 2.05) is 6.92 Å². The highest BCUT2D eigenvalue weighted by molar-refractivity contribution is 7.94. The molecular formula is C25H31N3O5S. The second-order valence-corrected chi connectivity index (χ2v) is 11.4. The van der Waals surface area contributed by atoms with Gasteiger partial charge in [-0.2, -0.15) is 0 Å². The Labute approximate surface area is 200 Å². The molecule has 2 aromatic rings. The number of carbonyl (C=O) groups excluding carboxylic acids is 2. The number of carbonyl (C=O) groups is 2. The van der Waals surface area contributed by atoms with Crippen molar-refractivity contribution in [2.24, 2.45) is 5.41 Å². The van der Waals surface area contributed by atoms with Crippen molar-refractivity contribution in [2.75, 3.05) is 42.9 Å². The largest absolute Gasteiger partial charge is 0.379 e. The number of hydrogen-bond acceptors (Lipinski definition) is 6. The minimum atomic E-state index is -3.73. The first-order valence-corrected chi connectivity index (χ1v) is 13.0. The summed E-state index contributed by atoms with van der Waals surface area (Å²) in [6, 6.07) is 14.4. The van der Waals surface area contributed by atoms with Gasteiger partial charge in [-0.25, -0.2) is 12.7 Å². The summed E-state index contributed by atoms with van der Waals surface area (Å²) in [4.78, 5) is 27.8. The van der Waals surface area contributed by atoms with Gasteiger partial charge in [0, 0.05) is 25.2 Å². The van der Waals surface area contributed by atoms with Crippen LogP contribution in [0.2, 0.25) is 0 Å². The molecule has 2 saturated heterocycles. The predicted octanol–water partition coefficient (Wildman–Crippen LogP) is 2.50. The smallest absolute Gasteiger partial charge is 0.251 e. The molecule has 9 heteroatoms. The number of aryl methyl sites for hydroxylation is 1. The van der Waals surface area contributed by atoms with Gasteiger partial charge in [0.25, 0.3) is 5.91 Å². The minimum absolute atomic E-state index is 0.0160. The van der Waals surface area contributed by atoms with Crippen LogP contribution in [0.25, 0.3) is 0 Å². The molecule has 34 heavy (non-hydrogen) atoms. The number of sulfonamides is 1. The first kappa shape index (κ1) is 24.4. The molecule has 0 spiro atoms. The quantitative estimate of drug-likeness (QED) is 0.676. The van der Waals surface area contributed by atoms with Crippen molar-refractivity contribution in [3.8, 4) is 0 Å². The Morgan fingerprint density at radius 3 is 2.24 bits per heavy atom. The van der Waals surface area contributed by atoms with E-state index in [4.69, 9.17) is 4.74 Å². The van der Waals surface area contributed by atoms with E-state index in [0.29, 0.717) is 25.3 Å². The summed E-state index contributed by atoms with van der Waals surface area (Å²) in [6.07, 6.45) is 0. The summed E-state index contributed by atoms with van der Waals surface area (Å²) in [7, 11) is -3.73. The van der Waals surface area contributed by atoms with Gasteiger partial charge in [-0.05, 0) is 50.6 Å². The summed E-state index contributed by atoms with van der Waals surface area (Å²) in [5.41, 5.74) is 1.98. The lowest BCUT2D eigenvalue weighted by Crippen LogP contribution is -2.43. The molecule has 2 fully saturated rings. The molecule has 0 bridgehead atoms. The van der Waals surface area contributed by atoms with Crippen LogP contribution >= 0.6 is 0 Å². The van der Waals surface area contributed by atoms with Crippen molar-refractivity contribution in [1.82, 2.24) is 10.2 Å². The molecule has 2 aliphatic rings. The molecule has 2 aromatic carbocycles. The van der Waals surface area contributed by atoms with E-state index in [-0.39, 0.29) is 23.4 Å². The van der Waals surface area contributed by atoms with Gasteiger partial charge >= 0.3 is 0 Å². The number of rotatable bonds is 6. The van der Waals surface area contributed by atoms with Gasteiger partial charge in [-0.3, -0.25) is 14.5 Å². The number of morpholine rings is 1. The number of nitrogens with zero attached hydrogens (tertiary/aromatic N) is 2. The Hall–Kier alpha value is -2.75. The Bertz CT molecular complexity index is 1150. The van der Waals surface area contributed by atoms with Gasteiger partial charge in [0.2, 0.25) is 15.9 Å². The fraction of sp³-hybridized carbons (Fsp3) is 0.440. The Morgan fingerprint density at radius 2 is 1.68 bits per heavy atom. The molecule has 1 unspecified atom stereocenters. The average Bonchev–Trinajstić information content (AvgIpc) is 2.97. The van der Waals surface area contributed by atoms with Gasteiger partial charge in [0.15, 0.2) is 0 Å². The van der Waals surface area contributed by atoms with Gasteiger partial charge in [-0.1, -0.05) is 29.8 Å². The van der Waals surface area contributed by atoms with Crippen molar-refractivity contribution in [2.45, 2.75) is 26.8 Å². The molecule has 1 atom stereocenters. The highest BCUT2D eigenvalue weighted by Gasteiger charge is 2.49. The SMILES string of the molecule is Cc1ccc(C(CNC(=O)c2ccc(N3C(=O)C(C)(C)CS3(=O)=O)cc2)N2CCOCC2)cc1. The van der Waals surface area contributed by atoms with Crippen LogP contribution in [0, 0.1) is 12.3 Å².